The van der Waals surface area contributed by atoms with Crippen LogP contribution < -0.4 is 9.74 Å². The third kappa shape index (κ3) is 2.46. The number of aliphatic hydroxyl groups excluding tert-OH is 3. The van der Waals surface area contributed by atoms with E-state index in [-0.39, 0.29) is 6.61 Å². The van der Waals surface area contributed by atoms with E-state index in [2.05, 4.69) is 15.0 Å². The van der Waals surface area contributed by atoms with Crippen molar-refractivity contribution >= 4 is 17.0 Å². The van der Waals surface area contributed by atoms with Gasteiger partial charge < -0.3 is 29.8 Å². The molecule has 0 radical (unpaired) electrons. The third-order valence-electron chi connectivity index (χ3n) is 3.38. The van der Waals surface area contributed by atoms with Gasteiger partial charge >= 0.3 is 0 Å². The molecule has 1 aliphatic heterocycles. The Morgan fingerprint density at radius 3 is 2.73 bits per heavy atom. The van der Waals surface area contributed by atoms with Gasteiger partial charge in [0.25, 0.3) is 6.29 Å². The number of aromatic nitrogens is 4. The van der Waals surface area contributed by atoms with Gasteiger partial charge in [0.15, 0.2) is 11.3 Å². The molecule has 0 aromatic carbocycles. The molecular weight excluding hydrogens is 294 g/mol. The van der Waals surface area contributed by atoms with Gasteiger partial charge in [0, 0.05) is 14.1 Å². The maximum absolute atomic E-state index is 9.89. The van der Waals surface area contributed by atoms with E-state index < -0.39 is 24.6 Å². The van der Waals surface area contributed by atoms with Crippen LogP contribution in [0.3, 0.4) is 0 Å². The number of ether oxygens (including phenoxy) is 1. The van der Waals surface area contributed by atoms with Gasteiger partial charge in [-0.15, -0.1) is 4.73 Å². The Hall–Kier alpha value is -2.01. The first-order chi connectivity index (χ1) is 10.5. The fourth-order valence-corrected chi connectivity index (χ4v) is 2.19. The third-order valence-corrected chi connectivity index (χ3v) is 3.38. The lowest BCUT2D eigenvalue weighted by Crippen LogP contribution is -2.56. The van der Waals surface area contributed by atoms with Crippen LogP contribution in [0.2, 0.25) is 0 Å². The SMILES string of the molecule is CN(C)c1ncnc2c1ncn2OC1OC[C@@H](O)[C@@H](O)[C@H]1O. The monoisotopic (exact) mass is 311 g/mol. The van der Waals surface area contributed by atoms with Gasteiger partial charge in [-0.2, -0.15) is 0 Å². The first-order valence-corrected chi connectivity index (χ1v) is 6.67. The first-order valence-electron chi connectivity index (χ1n) is 6.67. The minimum Gasteiger partial charge on any atom is -0.388 e. The van der Waals surface area contributed by atoms with Gasteiger partial charge in [-0.3, -0.25) is 0 Å². The topological polar surface area (TPSA) is 126 Å². The molecule has 1 fully saturated rings. The number of imidazole rings is 1. The average Bonchev–Trinajstić information content (AvgIpc) is 2.91. The van der Waals surface area contributed by atoms with E-state index in [1.54, 1.807) is 4.90 Å². The van der Waals surface area contributed by atoms with Crippen molar-refractivity contribution in [2.75, 3.05) is 25.6 Å². The van der Waals surface area contributed by atoms with Gasteiger partial charge in [0.1, 0.15) is 31.0 Å². The normalized spacial score (nSPS) is 28.8. The number of hydrogen-bond donors (Lipinski definition) is 3. The highest BCUT2D eigenvalue weighted by Crippen LogP contribution is 2.20. The number of aliphatic hydroxyl groups is 3. The predicted molar refractivity (Wildman–Crippen MR) is 74.0 cm³/mol. The van der Waals surface area contributed by atoms with E-state index in [9.17, 15) is 15.3 Å². The van der Waals surface area contributed by atoms with Crippen LogP contribution in [-0.2, 0) is 4.74 Å². The molecule has 22 heavy (non-hydrogen) atoms. The Balaban J connectivity index is 1.87. The standard InChI is InChI=1S/C12H17N5O5/c1-16(2)10-7-11(14-4-13-10)17(5-15-7)22-12-9(20)8(19)6(18)3-21-12/h4-6,8-9,12,18-20H,3H2,1-2H3/t6-,8-,9-,12?/m1/s1. The second kappa shape index (κ2) is 5.65. The van der Waals surface area contributed by atoms with E-state index in [0.717, 1.165) is 0 Å². The van der Waals surface area contributed by atoms with Crippen LogP contribution in [0, 0.1) is 0 Å². The second-order valence-electron chi connectivity index (χ2n) is 5.19. The maximum atomic E-state index is 9.89. The molecule has 120 valence electrons. The lowest BCUT2D eigenvalue weighted by Gasteiger charge is -2.34. The first kappa shape index (κ1) is 14.9. The number of rotatable bonds is 3. The molecule has 10 nitrogen and oxygen atoms in total. The summed E-state index contributed by atoms with van der Waals surface area (Å²) in [7, 11) is 3.65. The van der Waals surface area contributed by atoms with Crippen LogP contribution >= 0.6 is 0 Å². The molecule has 0 saturated carbocycles. The van der Waals surface area contributed by atoms with Crippen molar-refractivity contribution in [3.63, 3.8) is 0 Å². The minimum absolute atomic E-state index is 0.145. The summed E-state index contributed by atoms with van der Waals surface area (Å²) in [6.07, 6.45) is -2.29. The van der Waals surface area contributed by atoms with Crippen molar-refractivity contribution in [1.29, 1.82) is 0 Å². The van der Waals surface area contributed by atoms with E-state index >= 15 is 0 Å². The molecule has 2 aromatic heterocycles. The summed E-state index contributed by atoms with van der Waals surface area (Å²) < 4.78 is 6.43. The summed E-state index contributed by atoms with van der Waals surface area (Å²) in [6, 6.07) is 0. The van der Waals surface area contributed by atoms with E-state index in [1.165, 1.54) is 17.4 Å². The Kier molecular flexibility index (Phi) is 3.83. The molecule has 0 aliphatic carbocycles. The van der Waals surface area contributed by atoms with E-state index in [1.807, 2.05) is 14.1 Å². The van der Waals surface area contributed by atoms with Crippen molar-refractivity contribution in [3.05, 3.63) is 12.7 Å². The van der Waals surface area contributed by atoms with Crippen molar-refractivity contribution in [3.8, 4) is 0 Å². The van der Waals surface area contributed by atoms with Crippen molar-refractivity contribution in [2.24, 2.45) is 0 Å². The fourth-order valence-electron chi connectivity index (χ4n) is 2.19. The molecule has 0 spiro atoms. The van der Waals surface area contributed by atoms with Crippen LogP contribution in [0.1, 0.15) is 0 Å². The van der Waals surface area contributed by atoms with Gasteiger partial charge in [0.2, 0.25) is 5.65 Å². The molecule has 0 amide bonds. The van der Waals surface area contributed by atoms with Gasteiger partial charge in [-0.25, -0.2) is 15.0 Å². The molecule has 0 bridgehead atoms. The molecule has 10 heteroatoms. The molecule has 1 saturated heterocycles. The summed E-state index contributed by atoms with van der Waals surface area (Å²) in [5.74, 6) is 0.618. The second-order valence-corrected chi connectivity index (χ2v) is 5.19. The lowest BCUT2D eigenvalue weighted by atomic mass is 10.1. The predicted octanol–water partition coefficient (Wildman–Crippen LogP) is -2.24. The van der Waals surface area contributed by atoms with Gasteiger partial charge in [-0.1, -0.05) is 0 Å². The van der Waals surface area contributed by atoms with E-state index in [4.69, 9.17) is 9.57 Å². The highest BCUT2D eigenvalue weighted by molar-refractivity contribution is 5.82. The molecular formula is C12H17N5O5. The Labute approximate surface area is 125 Å². The minimum atomic E-state index is -1.39. The maximum Gasteiger partial charge on any atom is 0.253 e. The summed E-state index contributed by atoms with van der Waals surface area (Å²) in [5, 5.41) is 29.0. The summed E-state index contributed by atoms with van der Waals surface area (Å²) in [5.41, 5.74) is 0.925. The van der Waals surface area contributed by atoms with E-state index in [0.29, 0.717) is 17.0 Å². The van der Waals surface area contributed by atoms with Crippen molar-refractivity contribution in [2.45, 2.75) is 24.6 Å². The average molecular weight is 311 g/mol. The Morgan fingerprint density at radius 2 is 2.00 bits per heavy atom. The summed E-state index contributed by atoms with van der Waals surface area (Å²) >= 11 is 0. The van der Waals surface area contributed by atoms with Crippen LogP contribution in [0.4, 0.5) is 5.82 Å². The molecule has 3 heterocycles. The summed E-state index contributed by atoms with van der Waals surface area (Å²) in [6.45, 7) is -0.145. The summed E-state index contributed by atoms with van der Waals surface area (Å²) in [4.78, 5) is 19.7. The number of nitrogens with zero attached hydrogens (tertiary/aromatic N) is 5. The smallest absolute Gasteiger partial charge is 0.253 e. The molecule has 2 aromatic rings. The molecule has 3 rings (SSSR count). The highest BCUT2D eigenvalue weighted by Gasteiger charge is 2.39. The highest BCUT2D eigenvalue weighted by atomic mass is 16.8. The number of anilines is 1. The van der Waals surface area contributed by atoms with Crippen LogP contribution in [0.15, 0.2) is 12.7 Å². The largest absolute Gasteiger partial charge is 0.388 e. The zero-order valence-electron chi connectivity index (χ0n) is 12.1. The molecule has 3 N–H and O–H groups in total. The molecule has 1 unspecified atom stereocenters. The van der Waals surface area contributed by atoms with Crippen molar-refractivity contribution < 1.29 is 24.9 Å². The van der Waals surface area contributed by atoms with Crippen LogP contribution in [0.5, 0.6) is 0 Å². The fraction of sp³-hybridized carbons (Fsp3) is 0.583. The van der Waals surface area contributed by atoms with Crippen LogP contribution in [0.25, 0.3) is 11.2 Å². The number of fused-ring (bicyclic) bond motifs is 1. The zero-order valence-corrected chi connectivity index (χ0v) is 12.1. The molecule has 4 atom stereocenters. The van der Waals surface area contributed by atoms with Crippen molar-refractivity contribution in [1.82, 2.24) is 19.7 Å². The van der Waals surface area contributed by atoms with Gasteiger partial charge in [-0.05, 0) is 0 Å². The lowest BCUT2D eigenvalue weighted by molar-refractivity contribution is -0.268. The number of hydrogen-bond acceptors (Lipinski definition) is 9. The van der Waals surface area contributed by atoms with Gasteiger partial charge in [0.05, 0.1) is 6.61 Å². The zero-order chi connectivity index (χ0) is 15.9. The molecule has 1 aliphatic rings. The van der Waals surface area contributed by atoms with Crippen LogP contribution in [-0.4, -0.2) is 80.3 Å². The Morgan fingerprint density at radius 1 is 1.23 bits per heavy atom. The Bertz CT molecular complexity index is 662. The quantitative estimate of drug-likeness (QED) is 0.576.